The molecule has 0 aliphatic rings. The van der Waals surface area contributed by atoms with E-state index < -0.39 is 6.04 Å². The van der Waals surface area contributed by atoms with Crippen LogP contribution >= 0.6 is 0 Å². The molecule has 0 saturated carbocycles. The zero-order chi connectivity index (χ0) is 20.5. The summed E-state index contributed by atoms with van der Waals surface area (Å²) in [4.78, 5) is 12.2. The maximum Gasteiger partial charge on any atom is 0.262 e. The van der Waals surface area contributed by atoms with Crippen molar-refractivity contribution in [3.8, 4) is 23.0 Å². The summed E-state index contributed by atoms with van der Waals surface area (Å²) >= 11 is 0. The Labute approximate surface area is 164 Å². The van der Waals surface area contributed by atoms with Gasteiger partial charge in [0.15, 0.2) is 11.5 Å². The van der Waals surface area contributed by atoms with Gasteiger partial charge in [-0.05, 0) is 43.3 Å². The van der Waals surface area contributed by atoms with Crippen LogP contribution in [0.1, 0.15) is 12.5 Å². The lowest BCUT2D eigenvalue weighted by Gasteiger charge is -2.14. The minimum Gasteiger partial charge on any atom is -0.497 e. The van der Waals surface area contributed by atoms with E-state index in [1.807, 2.05) is 24.3 Å². The van der Waals surface area contributed by atoms with Crippen molar-refractivity contribution < 1.29 is 23.7 Å². The first-order valence-corrected chi connectivity index (χ1v) is 8.55. The molecule has 0 radical (unpaired) electrons. The molecule has 0 spiro atoms. The molecule has 8 heteroatoms. The topological polar surface area (TPSA) is 90.4 Å². The van der Waals surface area contributed by atoms with Crippen molar-refractivity contribution in [1.82, 2.24) is 5.43 Å². The average Bonchev–Trinajstić information content (AvgIpc) is 2.73. The first-order valence-electron chi connectivity index (χ1n) is 8.55. The van der Waals surface area contributed by atoms with Crippen molar-refractivity contribution in [3.05, 3.63) is 42.0 Å². The largest absolute Gasteiger partial charge is 0.497 e. The first-order chi connectivity index (χ1) is 13.5. The van der Waals surface area contributed by atoms with Crippen LogP contribution in [0.25, 0.3) is 0 Å². The Morgan fingerprint density at radius 3 is 2.07 bits per heavy atom. The third kappa shape index (κ3) is 5.29. The number of methoxy groups -OCH3 is 4. The van der Waals surface area contributed by atoms with Crippen LogP contribution in [0.5, 0.6) is 23.0 Å². The van der Waals surface area contributed by atoms with Crippen LogP contribution in [0.15, 0.2) is 41.5 Å². The van der Waals surface area contributed by atoms with Crippen LogP contribution in [-0.4, -0.2) is 46.6 Å². The molecule has 0 fully saturated rings. The van der Waals surface area contributed by atoms with Crippen LogP contribution in [0, 0.1) is 0 Å². The third-order valence-corrected chi connectivity index (χ3v) is 3.94. The number of hydrazone groups is 1. The number of benzene rings is 2. The highest BCUT2D eigenvalue weighted by Gasteiger charge is 2.13. The Morgan fingerprint density at radius 1 is 0.964 bits per heavy atom. The van der Waals surface area contributed by atoms with E-state index >= 15 is 0 Å². The molecule has 0 aromatic heterocycles. The van der Waals surface area contributed by atoms with Gasteiger partial charge in [0.05, 0.1) is 34.7 Å². The molecule has 2 rings (SSSR count). The number of hydrogen-bond acceptors (Lipinski definition) is 7. The van der Waals surface area contributed by atoms with Gasteiger partial charge in [-0.3, -0.25) is 4.79 Å². The van der Waals surface area contributed by atoms with Crippen LogP contribution < -0.4 is 29.7 Å². The molecular formula is C20H25N3O5. The van der Waals surface area contributed by atoms with Crippen molar-refractivity contribution in [2.24, 2.45) is 5.10 Å². The molecule has 8 nitrogen and oxygen atoms in total. The average molecular weight is 387 g/mol. The summed E-state index contributed by atoms with van der Waals surface area (Å²) in [5, 5.41) is 7.10. The van der Waals surface area contributed by atoms with E-state index in [9.17, 15) is 4.79 Å². The summed E-state index contributed by atoms with van der Waals surface area (Å²) in [5.74, 6) is 1.97. The van der Waals surface area contributed by atoms with E-state index in [0.717, 1.165) is 11.4 Å². The van der Waals surface area contributed by atoms with Gasteiger partial charge in [-0.15, -0.1) is 0 Å². The van der Waals surface area contributed by atoms with Gasteiger partial charge in [0.2, 0.25) is 5.75 Å². The summed E-state index contributed by atoms with van der Waals surface area (Å²) < 4.78 is 21.0. The van der Waals surface area contributed by atoms with Crippen LogP contribution in [-0.2, 0) is 4.79 Å². The molecule has 0 aliphatic carbocycles. The molecule has 0 aliphatic heterocycles. The molecular weight excluding hydrogens is 362 g/mol. The number of hydrogen-bond donors (Lipinski definition) is 2. The molecule has 0 bridgehead atoms. The standard InChI is InChI=1S/C20H25N3O5/c1-13(22-15-6-8-16(25-2)9-7-15)20(24)23-21-12-14-10-17(26-3)19(28-5)18(11-14)27-4/h6-13,22H,1-5H3,(H,23,24)/t13-/m0/s1. The smallest absolute Gasteiger partial charge is 0.262 e. The van der Waals surface area contributed by atoms with Gasteiger partial charge in [-0.2, -0.15) is 5.10 Å². The highest BCUT2D eigenvalue weighted by atomic mass is 16.5. The highest BCUT2D eigenvalue weighted by Crippen LogP contribution is 2.37. The van der Waals surface area contributed by atoms with E-state index in [0.29, 0.717) is 22.8 Å². The van der Waals surface area contributed by atoms with Gasteiger partial charge in [0, 0.05) is 11.3 Å². The van der Waals surface area contributed by atoms with Gasteiger partial charge in [0.25, 0.3) is 5.91 Å². The summed E-state index contributed by atoms with van der Waals surface area (Å²) in [6, 6.07) is 10.3. The zero-order valence-electron chi connectivity index (χ0n) is 16.6. The van der Waals surface area contributed by atoms with Gasteiger partial charge in [-0.1, -0.05) is 0 Å². The van der Waals surface area contributed by atoms with Gasteiger partial charge in [-0.25, -0.2) is 5.43 Å². The van der Waals surface area contributed by atoms with Crippen molar-refractivity contribution in [1.29, 1.82) is 0 Å². The second kappa shape index (κ2) is 10.1. The van der Waals surface area contributed by atoms with Crippen molar-refractivity contribution in [2.45, 2.75) is 13.0 Å². The Morgan fingerprint density at radius 2 is 1.57 bits per heavy atom. The molecule has 0 unspecified atom stereocenters. The summed E-state index contributed by atoms with van der Waals surface area (Å²) in [6.07, 6.45) is 1.50. The molecule has 1 atom stereocenters. The maximum absolute atomic E-state index is 12.2. The van der Waals surface area contributed by atoms with E-state index in [-0.39, 0.29) is 5.91 Å². The summed E-state index contributed by atoms with van der Waals surface area (Å²) in [7, 11) is 6.20. The molecule has 0 saturated heterocycles. The molecule has 150 valence electrons. The fourth-order valence-corrected chi connectivity index (χ4v) is 2.45. The van der Waals surface area contributed by atoms with Crippen LogP contribution in [0.4, 0.5) is 5.69 Å². The van der Waals surface area contributed by atoms with Crippen molar-refractivity contribution in [2.75, 3.05) is 33.8 Å². The number of anilines is 1. The number of rotatable bonds is 9. The molecule has 1 amide bonds. The lowest BCUT2D eigenvalue weighted by molar-refractivity contribution is -0.121. The van der Waals surface area contributed by atoms with Crippen LogP contribution in [0.2, 0.25) is 0 Å². The van der Waals surface area contributed by atoms with E-state index in [1.54, 1.807) is 26.2 Å². The Balaban J connectivity index is 2.00. The monoisotopic (exact) mass is 387 g/mol. The Bertz CT molecular complexity index is 796. The second-order valence-electron chi connectivity index (χ2n) is 5.79. The van der Waals surface area contributed by atoms with Gasteiger partial charge >= 0.3 is 0 Å². The predicted octanol–water partition coefficient (Wildman–Crippen LogP) is 2.67. The number of nitrogens with one attached hydrogen (secondary N) is 2. The first kappa shape index (κ1) is 20.9. The molecule has 28 heavy (non-hydrogen) atoms. The second-order valence-corrected chi connectivity index (χ2v) is 5.79. The number of ether oxygens (including phenoxy) is 4. The minimum atomic E-state index is -0.481. The number of nitrogens with zero attached hydrogens (tertiary/aromatic N) is 1. The minimum absolute atomic E-state index is 0.278. The summed E-state index contributed by atoms with van der Waals surface area (Å²) in [5.41, 5.74) is 4.00. The van der Waals surface area contributed by atoms with Crippen LogP contribution in [0.3, 0.4) is 0 Å². The Hall–Kier alpha value is -3.42. The fraction of sp³-hybridized carbons (Fsp3) is 0.300. The SMILES string of the molecule is COc1ccc(N[C@@H](C)C(=O)NN=Cc2cc(OC)c(OC)c(OC)c2)cc1. The molecule has 2 aromatic carbocycles. The number of amides is 1. The van der Waals surface area contributed by atoms with E-state index in [4.69, 9.17) is 18.9 Å². The van der Waals surface area contributed by atoms with Crippen molar-refractivity contribution >= 4 is 17.8 Å². The third-order valence-electron chi connectivity index (χ3n) is 3.94. The van der Waals surface area contributed by atoms with E-state index in [1.165, 1.54) is 27.5 Å². The molecule has 0 heterocycles. The lowest BCUT2D eigenvalue weighted by atomic mass is 10.2. The van der Waals surface area contributed by atoms with Crippen molar-refractivity contribution in [3.63, 3.8) is 0 Å². The maximum atomic E-state index is 12.2. The summed E-state index contributed by atoms with van der Waals surface area (Å²) in [6.45, 7) is 1.74. The quantitative estimate of drug-likeness (QED) is 0.508. The van der Waals surface area contributed by atoms with Gasteiger partial charge in [0.1, 0.15) is 11.8 Å². The fourth-order valence-electron chi connectivity index (χ4n) is 2.45. The van der Waals surface area contributed by atoms with E-state index in [2.05, 4.69) is 15.8 Å². The molecule has 2 N–H and O–H groups in total. The predicted molar refractivity (Wildman–Crippen MR) is 108 cm³/mol. The Kier molecular flexibility index (Phi) is 7.50. The number of carbonyl (C=O) groups excluding carboxylic acids is 1. The van der Waals surface area contributed by atoms with Gasteiger partial charge < -0.3 is 24.3 Å². The lowest BCUT2D eigenvalue weighted by Crippen LogP contribution is -2.34. The zero-order valence-corrected chi connectivity index (χ0v) is 16.6. The molecule has 2 aromatic rings. The normalized spacial score (nSPS) is 11.6. The highest BCUT2D eigenvalue weighted by molar-refractivity contribution is 5.87. The number of carbonyl (C=O) groups is 1.